The normalized spacial score (nSPS) is 11.9. The van der Waals surface area contributed by atoms with E-state index in [2.05, 4.69) is 113 Å². The van der Waals surface area contributed by atoms with Crippen molar-refractivity contribution < 1.29 is 0 Å². The van der Waals surface area contributed by atoms with E-state index in [1.807, 2.05) is 48.8 Å². The molecule has 0 atom stereocenters. The van der Waals surface area contributed by atoms with Gasteiger partial charge < -0.3 is 0 Å². The number of allylic oxidation sites excluding steroid dienone is 3. The summed E-state index contributed by atoms with van der Waals surface area (Å²) in [5.74, 6) is 0. The fourth-order valence-electron chi connectivity index (χ4n) is 6.27. The Balaban J connectivity index is 1.23. The lowest BCUT2D eigenvalue weighted by Crippen LogP contribution is -2.03. The van der Waals surface area contributed by atoms with Gasteiger partial charge in [-0.25, -0.2) is 15.0 Å². The minimum atomic E-state index is 0.761. The predicted octanol–water partition coefficient (Wildman–Crippen LogP) is 9.95. The molecule has 0 saturated carbocycles. The maximum atomic E-state index is 5.22. The molecular weight excluding hydrogens is 601 g/mol. The van der Waals surface area contributed by atoms with Crippen LogP contribution in [0.25, 0.3) is 77.6 Å². The number of aromatic nitrogens is 5. The number of fused-ring (bicyclic) bond motifs is 4. The zero-order chi connectivity index (χ0) is 33.2. The zero-order valence-electron chi connectivity index (χ0n) is 26.8. The van der Waals surface area contributed by atoms with E-state index in [1.54, 1.807) is 19.3 Å². The average molecular weight is 631 g/mol. The maximum absolute atomic E-state index is 5.22. The van der Waals surface area contributed by atoms with Gasteiger partial charge in [-0.05, 0) is 71.3 Å². The Hall–Kier alpha value is -6.66. The molecule has 0 aliphatic heterocycles. The van der Waals surface area contributed by atoms with E-state index in [0.717, 1.165) is 89.0 Å². The molecule has 8 aromatic rings. The first-order valence-electron chi connectivity index (χ1n) is 16.0. The van der Waals surface area contributed by atoms with Crippen LogP contribution in [-0.2, 0) is 0 Å². The molecule has 0 unspecified atom stereocenters. The quantitative estimate of drug-likeness (QED) is 0.0758. The number of aliphatic imine (C=N–C) groups is 1. The lowest BCUT2D eigenvalue weighted by molar-refractivity contribution is 1.23. The van der Waals surface area contributed by atoms with Crippen molar-refractivity contribution in [2.45, 2.75) is 0 Å². The summed E-state index contributed by atoms with van der Waals surface area (Å²) in [6, 6.07) is 39.4. The SMILES string of the molecule is C=C/C=C\C(=NC)c1cc(-c2ccc(-c3ccc4ccc5c(-c6ccncc6)c6ccccc6nc5c4n3)cc2)cc(-c2ccccn2)n1. The number of pyridine rings is 5. The molecule has 0 amide bonds. The Morgan fingerprint density at radius 2 is 1.41 bits per heavy atom. The highest BCUT2D eigenvalue weighted by Gasteiger charge is 2.15. The number of rotatable bonds is 7. The molecule has 0 radical (unpaired) electrons. The topological polar surface area (TPSA) is 76.8 Å². The van der Waals surface area contributed by atoms with Gasteiger partial charge in [-0.1, -0.05) is 85.5 Å². The van der Waals surface area contributed by atoms with Gasteiger partial charge in [0.05, 0.1) is 45.0 Å². The van der Waals surface area contributed by atoms with Crippen LogP contribution in [0.1, 0.15) is 5.69 Å². The van der Waals surface area contributed by atoms with Gasteiger partial charge in [-0.3, -0.25) is 15.0 Å². The molecule has 3 aromatic carbocycles. The van der Waals surface area contributed by atoms with Gasteiger partial charge in [-0.15, -0.1) is 0 Å². The maximum Gasteiger partial charge on any atom is 0.0978 e. The number of para-hydroxylation sites is 1. The second-order valence-corrected chi connectivity index (χ2v) is 11.6. The lowest BCUT2D eigenvalue weighted by atomic mass is 9.95. The van der Waals surface area contributed by atoms with Crippen LogP contribution in [0.3, 0.4) is 0 Å². The molecule has 232 valence electrons. The Morgan fingerprint density at radius 3 is 2.20 bits per heavy atom. The summed E-state index contributed by atoms with van der Waals surface area (Å²) in [5, 5.41) is 3.21. The average Bonchev–Trinajstić information content (AvgIpc) is 3.17. The first kappa shape index (κ1) is 29.7. The van der Waals surface area contributed by atoms with Crippen molar-refractivity contribution in [1.29, 1.82) is 0 Å². The number of hydrogen-bond acceptors (Lipinski definition) is 6. The summed E-state index contributed by atoms with van der Waals surface area (Å²) < 4.78 is 0. The van der Waals surface area contributed by atoms with Gasteiger partial charge in [0.25, 0.3) is 0 Å². The summed E-state index contributed by atoms with van der Waals surface area (Å²) in [7, 11) is 1.77. The molecular formula is C43H30N6. The van der Waals surface area contributed by atoms with E-state index in [1.165, 1.54) is 0 Å². The van der Waals surface area contributed by atoms with Crippen LogP contribution >= 0.6 is 0 Å². The predicted molar refractivity (Wildman–Crippen MR) is 201 cm³/mol. The second kappa shape index (κ2) is 12.9. The lowest BCUT2D eigenvalue weighted by Gasteiger charge is -2.13. The minimum absolute atomic E-state index is 0.761. The first-order valence-corrected chi connectivity index (χ1v) is 16.0. The fraction of sp³-hybridized carbons (Fsp3) is 0.0233. The largest absolute Gasteiger partial charge is 0.286 e. The number of nitrogens with zero attached hydrogens (tertiary/aromatic N) is 6. The molecule has 0 bridgehead atoms. The summed E-state index contributed by atoms with van der Waals surface area (Å²) >= 11 is 0. The third kappa shape index (κ3) is 5.66. The molecule has 5 heterocycles. The van der Waals surface area contributed by atoms with Gasteiger partial charge in [-0.2, -0.15) is 0 Å². The molecule has 5 aromatic heterocycles. The van der Waals surface area contributed by atoms with Crippen molar-refractivity contribution in [2.75, 3.05) is 7.05 Å². The van der Waals surface area contributed by atoms with Crippen LogP contribution in [-0.4, -0.2) is 37.7 Å². The molecule has 0 fully saturated rings. The number of hydrogen-bond donors (Lipinski definition) is 0. The van der Waals surface area contributed by atoms with Crippen LogP contribution in [0.2, 0.25) is 0 Å². The zero-order valence-corrected chi connectivity index (χ0v) is 26.8. The Bertz CT molecular complexity index is 2560. The molecule has 49 heavy (non-hydrogen) atoms. The molecule has 0 N–H and O–H groups in total. The summed E-state index contributed by atoms with van der Waals surface area (Å²) in [6.07, 6.45) is 11.0. The molecule has 0 saturated heterocycles. The Morgan fingerprint density at radius 1 is 0.612 bits per heavy atom. The van der Waals surface area contributed by atoms with Gasteiger partial charge in [0.1, 0.15) is 0 Å². The van der Waals surface area contributed by atoms with Crippen molar-refractivity contribution in [2.24, 2.45) is 4.99 Å². The van der Waals surface area contributed by atoms with Crippen molar-refractivity contribution in [3.8, 4) is 44.9 Å². The van der Waals surface area contributed by atoms with Crippen LogP contribution in [0.5, 0.6) is 0 Å². The van der Waals surface area contributed by atoms with Gasteiger partial charge >= 0.3 is 0 Å². The van der Waals surface area contributed by atoms with E-state index >= 15 is 0 Å². The first-order chi connectivity index (χ1) is 24.2. The molecule has 0 aliphatic carbocycles. The van der Waals surface area contributed by atoms with Gasteiger partial charge in [0.15, 0.2) is 0 Å². The van der Waals surface area contributed by atoms with Crippen molar-refractivity contribution >= 4 is 38.4 Å². The molecule has 0 aliphatic rings. The highest BCUT2D eigenvalue weighted by molar-refractivity contribution is 6.16. The van der Waals surface area contributed by atoms with Crippen LogP contribution in [0, 0.1) is 0 Å². The van der Waals surface area contributed by atoms with E-state index in [9.17, 15) is 0 Å². The Labute approximate surface area is 284 Å². The summed E-state index contributed by atoms with van der Waals surface area (Å²) in [6.45, 7) is 3.80. The van der Waals surface area contributed by atoms with E-state index in [0.29, 0.717) is 0 Å². The molecule has 8 rings (SSSR count). The molecule has 0 spiro atoms. The molecule has 6 heteroatoms. The van der Waals surface area contributed by atoms with Crippen LogP contribution in [0.4, 0.5) is 0 Å². The van der Waals surface area contributed by atoms with Crippen LogP contribution in [0.15, 0.2) is 164 Å². The van der Waals surface area contributed by atoms with Gasteiger partial charge in [0, 0.05) is 52.9 Å². The third-order valence-electron chi connectivity index (χ3n) is 8.64. The molecule has 6 nitrogen and oxygen atoms in total. The minimum Gasteiger partial charge on any atom is -0.286 e. The fourth-order valence-corrected chi connectivity index (χ4v) is 6.27. The smallest absolute Gasteiger partial charge is 0.0978 e. The monoisotopic (exact) mass is 630 g/mol. The van der Waals surface area contributed by atoms with Crippen molar-refractivity contribution in [3.63, 3.8) is 0 Å². The van der Waals surface area contributed by atoms with Crippen LogP contribution < -0.4 is 0 Å². The number of benzene rings is 3. The van der Waals surface area contributed by atoms with Gasteiger partial charge in [0.2, 0.25) is 0 Å². The van der Waals surface area contributed by atoms with Crippen molar-refractivity contribution in [1.82, 2.24) is 24.9 Å². The summed E-state index contributed by atoms with van der Waals surface area (Å²) in [4.78, 5) is 28.6. The van der Waals surface area contributed by atoms with Crippen molar-refractivity contribution in [3.05, 3.63) is 164 Å². The van der Waals surface area contributed by atoms with E-state index in [-0.39, 0.29) is 0 Å². The standard InChI is InChI=1S/C43H30N6/c1-3-4-10-37(44-2)39-26-32(27-40(47-39)38-12-7-8-23-46-38)28-13-15-29(16-14-28)35-20-18-31-17-19-34-41(30-21-24-45-25-22-30)33-9-5-6-11-36(33)49-43(34)42(31)48-35/h3-27H,1H2,2H3/b10-4-,44-37?. The summed E-state index contributed by atoms with van der Waals surface area (Å²) in [5.41, 5.74) is 12.0. The highest BCUT2D eigenvalue weighted by atomic mass is 14.8. The second-order valence-electron chi connectivity index (χ2n) is 11.6. The highest BCUT2D eigenvalue weighted by Crippen LogP contribution is 2.37. The van der Waals surface area contributed by atoms with E-state index < -0.39 is 0 Å². The Kier molecular flexibility index (Phi) is 7.80. The third-order valence-corrected chi connectivity index (χ3v) is 8.64. The van der Waals surface area contributed by atoms with E-state index in [4.69, 9.17) is 15.0 Å².